The second-order valence-corrected chi connectivity index (χ2v) is 3.52. The molecular formula is C11H7F2N3O2. The first-order chi connectivity index (χ1) is 8.47. The lowest BCUT2D eigenvalue weighted by atomic mass is 10.1. The first-order valence-corrected chi connectivity index (χ1v) is 4.85. The normalized spacial score (nSPS) is 10.3. The lowest BCUT2D eigenvalue weighted by molar-refractivity contribution is -0.384. The molecule has 0 spiro atoms. The number of rotatable bonds is 2. The molecule has 0 saturated heterocycles. The molecule has 92 valence electrons. The quantitative estimate of drug-likeness (QED) is 0.656. The average molecular weight is 251 g/mol. The van der Waals surface area contributed by atoms with E-state index in [4.69, 9.17) is 5.73 Å². The molecule has 2 rings (SSSR count). The van der Waals surface area contributed by atoms with Crippen molar-refractivity contribution in [1.29, 1.82) is 0 Å². The van der Waals surface area contributed by atoms with Gasteiger partial charge in [-0.3, -0.25) is 10.1 Å². The van der Waals surface area contributed by atoms with Gasteiger partial charge >= 0.3 is 0 Å². The van der Waals surface area contributed by atoms with E-state index < -0.39 is 16.6 Å². The van der Waals surface area contributed by atoms with Gasteiger partial charge in [0.2, 0.25) is 0 Å². The summed E-state index contributed by atoms with van der Waals surface area (Å²) in [5.74, 6) is -1.66. The highest BCUT2D eigenvalue weighted by Crippen LogP contribution is 2.29. The number of aromatic nitrogens is 1. The summed E-state index contributed by atoms with van der Waals surface area (Å²) >= 11 is 0. The fourth-order valence-electron chi connectivity index (χ4n) is 1.52. The lowest BCUT2D eigenvalue weighted by Crippen LogP contribution is -1.99. The van der Waals surface area contributed by atoms with Crippen LogP contribution in [-0.4, -0.2) is 9.91 Å². The number of hydrogen-bond acceptors (Lipinski definition) is 4. The molecule has 1 aromatic carbocycles. The summed E-state index contributed by atoms with van der Waals surface area (Å²) in [5.41, 5.74) is 4.85. The molecule has 0 amide bonds. The smallest absolute Gasteiger partial charge is 0.295 e. The van der Waals surface area contributed by atoms with Crippen molar-refractivity contribution in [2.75, 3.05) is 5.73 Å². The van der Waals surface area contributed by atoms with Crippen LogP contribution in [0.5, 0.6) is 0 Å². The van der Waals surface area contributed by atoms with Gasteiger partial charge in [-0.05, 0) is 18.2 Å². The Labute approximate surface area is 100 Å². The Bertz CT molecular complexity index is 611. The molecule has 1 heterocycles. The van der Waals surface area contributed by atoms with E-state index in [0.29, 0.717) is 6.07 Å². The molecule has 7 heteroatoms. The van der Waals surface area contributed by atoms with Crippen LogP contribution in [0.3, 0.4) is 0 Å². The third kappa shape index (κ3) is 2.24. The number of nitrogens with zero attached hydrogens (tertiary/aromatic N) is 2. The minimum absolute atomic E-state index is 0.0280. The summed E-state index contributed by atoms with van der Waals surface area (Å²) in [6, 6.07) is 4.97. The minimum atomic E-state index is -0.844. The Morgan fingerprint density at radius 2 is 1.78 bits per heavy atom. The van der Waals surface area contributed by atoms with Crippen LogP contribution in [0.2, 0.25) is 0 Å². The Hall–Kier alpha value is -2.57. The van der Waals surface area contributed by atoms with Gasteiger partial charge in [-0.25, -0.2) is 13.8 Å². The molecule has 0 bridgehead atoms. The summed E-state index contributed by atoms with van der Waals surface area (Å²) in [7, 11) is 0. The van der Waals surface area contributed by atoms with E-state index in [0.717, 1.165) is 18.2 Å². The maximum absolute atomic E-state index is 13.1. The van der Waals surface area contributed by atoms with Crippen molar-refractivity contribution in [1.82, 2.24) is 4.98 Å². The lowest BCUT2D eigenvalue weighted by Gasteiger charge is -2.04. The molecule has 0 atom stereocenters. The van der Waals surface area contributed by atoms with E-state index in [1.54, 1.807) is 0 Å². The summed E-state index contributed by atoms with van der Waals surface area (Å²) < 4.78 is 26.2. The number of nitro groups is 1. The van der Waals surface area contributed by atoms with Gasteiger partial charge in [0.15, 0.2) is 5.69 Å². The molecule has 0 aliphatic heterocycles. The van der Waals surface area contributed by atoms with Crippen molar-refractivity contribution in [2.24, 2.45) is 0 Å². The van der Waals surface area contributed by atoms with Gasteiger partial charge in [0, 0.05) is 17.7 Å². The average Bonchev–Trinajstić information content (AvgIpc) is 2.27. The topological polar surface area (TPSA) is 82.0 Å². The highest BCUT2D eigenvalue weighted by Gasteiger charge is 2.18. The molecule has 0 saturated carbocycles. The van der Waals surface area contributed by atoms with Crippen LogP contribution in [0.25, 0.3) is 11.3 Å². The van der Waals surface area contributed by atoms with Crippen molar-refractivity contribution >= 4 is 11.5 Å². The largest absolute Gasteiger partial charge is 0.384 e. The molecule has 0 aliphatic rings. The van der Waals surface area contributed by atoms with Crippen LogP contribution >= 0.6 is 0 Å². The zero-order valence-corrected chi connectivity index (χ0v) is 8.93. The van der Waals surface area contributed by atoms with Crippen LogP contribution in [0, 0.1) is 21.7 Å². The van der Waals surface area contributed by atoms with E-state index in [-0.39, 0.29) is 22.8 Å². The zero-order valence-electron chi connectivity index (χ0n) is 8.93. The molecule has 0 aliphatic carbocycles. The minimum Gasteiger partial charge on any atom is -0.384 e. The van der Waals surface area contributed by atoms with Crippen LogP contribution in [0.4, 0.5) is 20.3 Å². The summed E-state index contributed by atoms with van der Waals surface area (Å²) in [5, 5.41) is 10.8. The van der Waals surface area contributed by atoms with E-state index >= 15 is 0 Å². The van der Waals surface area contributed by atoms with Gasteiger partial charge in [0.25, 0.3) is 5.69 Å². The maximum atomic E-state index is 13.1. The van der Waals surface area contributed by atoms with Crippen molar-refractivity contribution < 1.29 is 13.7 Å². The molecule has 2 N–H and O–H groups in total. The van der Waals surface area contributed by atoms with Crippen molar-refractivity contribution in [3.8, 4) is 11.3 Å². The summed E-state index contributed by atoms with van der Waals surface area (Å²) in [6.07, 6.45) is 0. The third-order valence-corrected chi connectivity index (χ3v) is 2.23. The standard InChI is InChI=1S/C11H7F2N3O2/c12-7-3-6(4-8(13)5-7)11-9(16(17)18)1-2-10(14)15-11/h1-5H,(H2,14,15). The monoisotopic (exact) mass is 251 g/mol. The number of halogens is 2. The van der Waals surface area contributed by atoms with Gasteiger partial charge in [-0.2, -0.15) is 0 Å². The number of nitrogen functional groups attached to an aromatic ring is 1. The van der Waals surface area contributed by atoms with Gasteiger partial charge < -0.3 is 5.73 Å². The number of anilines is 1. The molecule has 2 aromatic rings. The first-order valence-electron chi connectivity index (χ1n) is 4.85. The predicted molar refractivity (Wildman–Crippen MR) is 60.7 cm³/mol. The van der Waals surface area contributed by atoms with Crippen molar-refractivity contribution in [2.45, 2.75) is 0 Å². The van der Waals surface area contributed by atoms with E-state index in [9.17, 15) is 18.9 Å². The molecule has 18 heavy (non-hydrogen) atoms. The maximum Gasteiger partial charge on any atom is 0.295 e. The van der Waals surface area contributed by atoms with Gasteiger partial charge in [-0.1, -0.05) is 0 Å². The van der Waals surface area contributed by atoms with Crippen molar-refractivity contribution in [3.05, 3.63) is 52.1 Å². The fraction of sp³-hybridized carbons (Fsp3) is 0. The van der Waals surface area contributed by atoms with Gasteiger partial charge in [0.05, 0.1) is 4.92 Å². The van der Waals surface area contributed by atoms with E-state index in [2.05, 4.69) is 4.98 Å². The number of benzene rings is 1. The molecule has 5 nitrogen and oxygen atoms in total. The number of hydrogen-bond donors (Lipinski definition) is 1. The van der Waals surface area contributed by atoms with Crippen LogP contribution in [0.1, 0.15) is 0 Å². The van der Waals surface area contributed by atoms with Gasteiger partial charge in [-0.15, -0.1) is 0 Å². The first kappa shape index (κ1) is 11.9. The second kappa shape index (κ2) is 4.36. The van der Waals surface area contributed by atoms with Crippen LogP contribution in [-0.2, 0) is 0 Å². The number of pyridine rings is 1. The SMILES string of the molecule is Nc1ccc([N+](=O)[O-])c(-c2cc(F)cc(F)c2)n1. The molecular weight excluding hydrogens is 244 g/mol. The molecule has 1 aromatic heterocycles. The Kier molecular flexibility index (Phi) is 2.88. The molecule has 0 unspecified atom stereocenters. The molecule has 0 radical (unpaired) electrons. The highest BCUT2D eigenvalue weighted by atomic mass is 19.1. The van der Waals surface area contributed by atoms with E-state index in [1.807, 2.05) is 0 Å². The molecule has 0 fully saturated rings. The summed E-state index contributed by atoms with van der Waals surface area (Å²) in [6.45, 7) is 0. The van der Waals surface area contributed by atoms with Crippen molar-refractivity contribution in [3.63, 3.8) is 0 Å². The summed E-state index contributed by atoms with van der Waals surface area (Å²) in [4.78, 5) is 13.9. The fourth-order valence-corrected chi connectivity index (χ4v) is 1.52. The van der Waals surface area contributed by atoms with Gasteiger partial charge in [0.1, 0.15) is 17.5 Å². The van der Waals surface area contributed by atoms with E-state index in [1.165, 1.54) is 6.07 Å². The second-order valence-electron chi connectivity index (χ2n) is 3.52. The van der Waals surface area contributed by atoms with Crippen LogP contribution < -0.4 is 5.73 Å². The highest BCUT2D eigenvalue weighted by molar-refractivity contribution is 5.71. The third-order valence-electron chi connectivity index (χ3n) is 2.23. The Morgan fingerprint density at radius 3 is 2.33 bits per heavy atom. The Balaban J connectivity index is 2.68. The zero-order chi connectivity index (χ0) is 13.3. The predicted octanol–water partition coefficient (Wildman–Crippen LogP) is 2.52. The Morgan fingerprint density at radius 1 is 1.17 bits per heavy atom. The number of nitrogens with two attached hydrogens (primary N) is 1. The van der Waals surface area contributed by atoms with Crippen LogP contribution in [0.15, 0.2) is 30.3 Å².